The zero-order valence-corrected chi connectivity index (χ0v) is 14.3. The van der Waals surface area contributed by atoms with Crippen molar-refractivity contribution in [3.05, 3.63) is 0 Å². The average molecular weight is 319 g/mol. The first-order chi connectivity index (χ1) is 9.96. The Morgan fingerprint density at radius 2 is 1.71 bits per heavy atom. The van der Waals surface area contributed by atoms with E-state index in [1.807, 2.05) is 6.92 Å². The first-order valence-corrected chi connectivity index (χ1v) is 9.55. The molecule has 0 aromatic heterocycles. The van der Waals surface area contributed by atoms with Gasteiger partial charge in [0.25, 0.3) is 0 Å². The molecule has 0 aromatic rings. The summed E-state index contributed by atoms with van der Waals surface area (Å²) in [5.41, 5.74) is 0. The molecule has 124 valence electrons. The van der Waals surface area contributed by atoms with Gasteiger partial charge in [0.15, 0.2) is 0 Å². The molecule has 1 aliphatic heterocycles. The van der Waals surface area contributed by atoms with Crippen LogP contribution in [-0.4, -0.2) is 68.0 Å². The maximum atomic E-state index is 12.5. The molecule has 6 nitrogen and oxygen atoms in total. The molecule has 0 aliphatic carbocycles. The fourth-order valence-corrected chi connectivity index (χ4v) is 4.26. The summed E-state index contributed by atoms with van der Waals surface area (Å²) < 4.78 is 25.9. The van der Waals surface area contributed by atoms with Crippen LogP contribution in [0.15, 0.2) is 0 Å². The van der Waals surface area contributed by atoms with E-state index in [0.29, 0.717) is 19.6 Å². The molecule has 1 fully saturated rings. The van der Waals surface area contributed by atoms with Gasteiger partial charge < -0.3 is 10.2 Å². The standard InChI is InChI=1S/C14H29N3O3S/c1-4-11-17(13-7-9-15-10-8-13)14(18)12-21(19,20)16(5-2)6-3/h13,15H,4-12H2,1-3H3. The molecule has 1 rings (SSSR count). The quantitative estimate of drug-likeness (QED) is 0.713. The van der Waals surface area contributed by atoms with Gasteiger partial charge in [-0.25, -0.2) is 12.7 Å². The summed E-state index contributed by atoms with van der Waals surface area (Å²) in [6, 6.07) is 0.172. The van der Waals surface area contributed by atoms with E-state index in [1.54, 1.807) is 18.7 Å². The van der Waals surface area contributed by atoms with Crippen molar-refractivity contribution in [2.75, 3.05) is 38.5 Å². The smallest absolute Gasteiger partial charge is 0.239 e. The molecule has 1 heterocycles. The first-order valence-electron chi connectivity index (χ1n) is 7.94. The molecule has 1 amide bonds. The SMILES string of the molecule is CCCN(C(=O)CS(=O)(=O)N(CC)CC)C1CCNCC1. The number of nitrogens with zero attached hydrogens (tertiary/aromatic N) is 2. The van der Waals surface area contributed by atoms with Crippen molar-refractivity contribution < 1.29 is 13.2 Å². The zero-order valence-electron chi connectivity index (χ0n) is 13.5. The first kappa shape index (κ1) is 18.4. The molecule has 21 heavy (non-hydrogen) atoms. The molecule has 0 radical (unpaired) electrons. The van der Waals surface area contributed by atoms with Gasteiger partial charge in [-0.05, 0) is 32.4 Å². The molecule has 0 aromatic carbocycles. The molecule has 7 heteroatoms. The number of piperidine rings is 1. The van der Waals surface area contributed by atoms with E-state index in [-0.39, 0.29) is 11.9 Å². The fourth-order valence-electron chi connectivity index (χ4n) is 2.82. The molecule has 1 saturated heterocycles. The summed E-state index contributed by atoms with van der Waals surface area (Å²) in [6.45, 7) is 8.84. The van der Waals surface area contributed by atoms with Crippen molar-refractivity contribution in [3.8, 4) is 0 Å². The number of nitrogens with one attached hydrogen (secondary N) is 1. The predicted octanol–water partition coefficient (Wildman–Crippen LogP) is 0.649. The summed E-state index contributed by atoms with van der Waals surface area (Å²) in [5, 5.41) is 3.27. The lowest BCUT2D eigenvalue weighted by Crippen LogP contribution is -2.49. The van der Waals surface area contributed by atoms with Crippen LogP contribution in [0.4, 0.5) is 0 Å². The van der Waals surface area contributed by atoms with Gasteiger partial charge in [-0.3, -0.25) is 4.79 Å². The molecule has 0 unspecified atom stereocenters. The van der Waals surface area contributed by atoms with E-state index in [2.05, 4.69) is 5.32 Å². The molecule has 0 spiro atoms. The van der Waals surface area contributed by atoms with E-state index in [9.17, 15) is 13.2 Å². The highest BCUT2D eigenvalue weighted by molar-refractivity contribution is 7.89. The second-order valence-electron chi connectivity index (χ2n) is 5.41. The van der Waals surface area contributed by atoms with Gasteiger partial charge in [-0.15, -0.1) is 0 Å². The molecule has 0 atom stereocenters. The van der Waals surface area contributed by atoms with Crippen molar-refractivity contribution >= 4 is 15.9 Å². The Morgan fingerprint density at radius 3 is 2.19 bits per heavy atom. The van der Waals surface area contributed by atoms with Crippen LogP contribution in [0.2, 0.25) is 0 Å². The van der Waals surface area contributed by atoms with Crippen molar-refractivity contribution in [2.24, 2.45) is 0 Å². The largest absolute Gasteiger partial charge is 0.339 e. The third kappa shape index (κ3) is 5.23. The minimum atomic E-state index is -3.50. The van der Waals surface area contributed by atoms with Crippen LogP contribution in [0.1, 0.15) is 40.0 Å². The number of carbonyl (C=O) groups is 1. The van der Waals surface area contributed by atoms with Crippen molar-refractivity contribution in [3.63, 3.8) is 0 Å². The van der Waals surface area contributed by atoms with Crippen LogP contribution in [0.25, 0.3) is 0 Å². The lowest BCUT2D eigenvalue weighted by molar-refractivity contribution is -0.131. The number of hydrogen-bond acceptors (Lipinski definition) is 4. The van der Waals surface area contributed by atoms with Crippen LogP contribution in [-0.2, 0) is 14.8 Å². The molecule has 0 saturated carbocycles. The van der Waals surface area contributed by atoms with Crippen molar-refractivity contribution in [1.82, 2.24) is 14.5 Å². The summed E-state index contributed by atoms with van der Waals surface area (Å²) >= 11 is 0. The third-order valence-corrected chi connectivity index (χ3v) is 5.85. The molecule has 0 bridgehead atoms. The van der Waals surface area contributed by atoms with E-state index in [1.165, 1.54) is 4.31 Å². The Balaban J connectivity index is 2.76. The number of amides is 1. The monoisotopic (exact) mass is 319 g/mol. The summed E-state index contributed by atoms with van der Waals surface area (Å²) in [7, 11) is -3.50. The summed E-state index contributed by atoms with van der Waals surface area (Å²) in [5.74, 6) is -0.658. The van der Waals surface area contributed by atoms with E-state index < -0.39 is 15.8 Å². The topological polar surface area (TPSA) is 69.7 Å². The highest BCUT2D eigenvalue weighted by Crippen LogP contribution is 2.14. The van der Waals surface area contributed by atoms with Crippen LogP contribution in [0.3, 0.4) is 0 Å². The van der Waals surface area contributed by atoms with Gasteiger partial charge in [-0.1, -0.05) is 20.8 Å². The van der Waals surface area contributed by atoms with Gasteiger partial charge in [0.05, 0.1) is 0 Å². The second-order valence-corrected chi connectivity index (χ2v) is 7.38. The Bertz CT molecular complexity index is 415. The van der Waals surface area contributed by atoms with E-state index in [4.69, 9.17) is 0 Å². The van der Waals surface area contributed by atoms with Crippen LogP contribution in [0.5, 0.6) is 0 Å². The van der Waals surface area contributed by atoms with Gasteiger partial charge >= 0.3 is 0 Å². The maximum absolute atomic E-state index is 12.5. The van der Waals surface area contributed by atoms with Crippen molar-refractivity contribution in [2.45, 2.75) is 46.1 Å². The third-order valence-electron chi connectivity index (χ3n) is 3.94. The minimum Gasteiger partial charge on any atom is -0.339 e. The van der Waals surface area contributed by atoms with Crippen LogP contribution in [0, 0.1) is 0 Å². The van der Waals surface area contributed by atoms with Gasteiger partial charge in [0, 0.05) is 25.7 Å². The lowest BCUT2D eigenvalue weighted by atomic mass is 10.0. The van der Waals surface area contributed by atoms with Crippen LogP contribution < -0.4 is 5.32 Å². The molecule has 1 N–H and O–H groups in total. The second kappa shape index (κ2) is 8.70. The van der Waals surface area contributed by atoms with Gasteiger partial charge in [0.2, 0.25) is 15.9 Å². The molecule has 1 aliphatic rings. The van der Waals surface area contributed by atoms with E-state index >= 15 is 0 Å². The highest BCUT2D eigenvalue weighted by Gasteiger charge is 2.30. The Labute approximate surface area is 128 Å². The highest BCUT2D eigenvalue weighted by atomic mass is 32.2. The number of hydrogen-bond donors (Lipinski definition) is 1. The normalized spacial score (nSPS) is 17.1. The summed E-state index contributed by atoms with van der Waals surface area (Å²) in [4.78, 5) is 14.3. The lowest BCUT2D eigenvalue weighted by Gasteiger charge is -2.35. The summed E-state index contributed by atoms with van der Waals surface area (Å²) in [6.07, 6.45) is 2.65. The Kier molecular flexibility index (Phi) is 7.62. The Morgan fingerprint density at radius 1 is 1.14 bits per heavy atom. The number of rotatable bonds is 8. The zero-order chi connectivity index (χ0) is 15.9. The predicted molar refractivity (Wildman–Crippen MR) is 84.6 cm³/mol. The number of sulfonamides is 1. The van der Waals surface area contributed by atoms with Gasteiger partial charge in [0.1, 0.15) is 5.75 Å². The van der Waals surface area contributed by atoms with Gasteiger partial charge in [-0.2, -0.15) is 0 Å². The Hall–Kier alpha value is -0.660. The fraction of sp³-hybridized carbons (Fsp3) is 0.929. The molecular weight excluding hydrogens is 290 g/mol. The average Bonchev–Trinajstić information content (AvgIpc) is 2.46. The van der Waals surface area contributed by atoms with Crippen molar-refractivity contribution in [1.29, 1.82) is 0 Å². The van der Waals surface area contributed by atoms with Crippen LogP contribution >= 0.6 is 0 Å². The maximum Gasteiger partial charge on any atom is 0.239 e. The molecular formula is C14H29N3O3S. The van der Waals surface area contributed by atoms with E-state index in [0.717, 1.165) is 32.4 Å². The minimum absolute atomic E-state index is 0.172. The number of carbonyl (C=O) groups excluding carboxylic acids is 1.